The molecule has 0 fully saturated rings. The van der Waals surface area contributed by atoms with Crippen LogP contribution in [0, 0.1) is 0 Å². The fourth-order valence-corrected chi connectivity index (χ4v) is 3.35. The minimum absolute atomic E-state index is 0.109. The first-order chi connectivity index (χ1) is 15.9. The summed E-state index contributed by atoms with van der Waals surface area (Å²) in [4.78, 5) is 48.5. The van der Waals surface area contributed by atoms with Crippen molar-refractivity contribution >= 4 is 34.6 Å². The van der Waals surface area contributed by atoms with E-state index in [1.54, 1.807) is 24.3 Å². The van der Waals surface area contributed by atoms with Crippen LogP contribution in [0.2, 0.25) is 0 Å². The molecule has 0 unspecified atom stereocenters. The SMILES string of the molecule is C=CC(=O)Nc1cccc(-n2c(=O)cnc3cnc(NC4=CC=C(NC(C)=O)CC4)nc32)c1. The molecule has 0 aliphatic heterocycles. The van der Waals surface area contributed by atoms with Gasteiger partial charge in [0.15, 0.2) is 5.65 Å². The minimum atomic E-state index is -0.376. The highest BCUT2D eigenvalue weighted by atomic mass is 16.2. The van der Waals surface area contributed by atoms with E-state index in [2.05, 4.69) is 37.5 Å². The third-order valence-corrected chi connectivity index (χ3v) is 4.81. The number of benzene rings is 1. The van der Waals surface area contributed by atoms with Gasteiger partial charge in [-0.3, -0.25) is 19.0 Å². The Balaban J connectivity index is 1.69. The Kier molecular flexibility index (Phi) is 6.07. The number of amides is 2. The second-order valence-corrected chi connectivity index (χ2v) is 7.27. The largest absolute Gasteiger partial charge is 0.330 e. The summed E-state index contributed by atoms with van der Waals surface area (Å²) in [6.07, 6.45) is 8.91. The van der Waals surface area contributed by atoms with Gasteiger partial charge >= 0.3 is 0 Å². The number of anilines is 2. The lowest BCUT2D eigenvalue weighted by molar-refractivity contribution is -0.118. The van der Waals surface area contributed by atoms with Gasteiger partial charge in [-0.1, -0.05) is 12.6 Å². The van der Waals surface area contributed by atoms with E-state index in [4.69, 9.17) is 0 Å². The van der Waals surface area contributed by atoms with Crippen molar-refractivity contribution in [3.05, 3.63) is 83.2 Å². The maximum Gasteiger partial charge on any atom is 0.275 e. The molecule has 33 heavy (non-hydrogen) atoms. The quantitative estimate of drug-likeness (QED) is 0.499. The summed E-state index contributed by atoms with van der Waals surface area (Å²) in [5.74, 6) is -0.158. The first-order valence-corrected chi connectivity index (χ1v) is 10.2. The summed E-state index contributed by atoms with van der Waals surface area (Å²) >= 11 is 0. The third kappa shape index (κ3) is 5.01. The molecule has 0 radical (unpaired) electrons. The Morgan fingerprint density at radius 3 is 2.61 bits per heavy atom. The number of hydrogen-bond donors (Lipinski definition) is 3. The molecule has 166 valence electrons. The Morgan fingerprint density at radius 2 is 1.88 bits per heavy atom. The van der Waals surface area contributed by atoms with Gasteiger partial charge in [-0.15, -0.1) is 0 Å². The van der Waals surface area contributed by atoms with Crippen LogP contribution >= 0.6 is 0 Å². The maximum absolute atomic E-state index is 12.7. The second kappa shape index (κ2) is 9.27. The predicted molar refractivity (Wildman–Crippen MR) is 125 cm³/mol. The van der Waals surface area contributed by atoms with Crippen molar-refractivity contribution in [2.45, 2.75) is 19.8 Å². The molecule has 1 aromatic carbocycles. The highest BCUT2D eigenvalue weighted by molar-refractivity contribution is 5.99. The van der Waals surface area contributed by atoms with E-state index >= 15 is 0 Å². The molecule has 3 N–H and O–H groups in total. The van der Waals surface area contributed by atoms with Crippen molar-refractivity contribution in [1.29, 1.82) is 0 Å². The van der Waals surface area contributed by atoms with E-state index in [1.807, 2.05) is 12.2 Å². The fraction of sp³-hybridized carbons (Fsp3) is 0.130. The zero-order chi connectivity index (χ0) is 23.4. The van der Waals surface area contributed by atoms with Crippen LogP contribution in [0.15, 0.2) is 77.7 Å². The molecular weight excluding hydrogens is 422 g/mol. The zero-order valence-corrected chi connectivity index (χ0v) is 17.8. The van der Waals surface area contributed by atoms with Crippen molar-refractivity contribution in [3.8, 4) is 5.69 Å². The Hall–Kier alpha value is -4.60. The van der Waals surface area contributed by atoms with Crippen molar-refractivity contribution in [3.63, 3.8) is 0 Å². The van der Waals surface area contributed by atoms with Crippen LogP contribution in [0.5, 0.6) is 0 Å². The van der Waals surface area contributed by atoms with Gasteiger partial charge in [-0.05, 0) is 49.3 Å². The highest BCUT2D eigenvalue weighted by Crippen LogP contribution is 2.20. The Labute approximate surface area is 188 Å². The number of allylic oxidation sites excluding steroid dienone is 4. The van der Waals surface area contributed by atoms with E-state index in [1.165, 1.54) is 30.0 Å². The molecule has 2 aromatic heterocycles. The van der Waals surface area contributed by atoms with E-state index in [0.29, 0.717) is 41.3 Å². The van der Waals surface area contributed by atoms with Gasteiger partial charge in [0, 0.05) is 24.0 Å². The molecule has 3 aromatic rings. The highest BCUT2D eigenvalue weighted by Gasteiger charge is 2.13. The van der Waals surface area contributed by atoms with Crippen LogP contribution in [-0.2, 0) is 9.59 Å². The molecule has 4 rings (SSSR count). The molecule has 0 bridgehead atoms. The predicted octanol–water partition coefficient (Wildman–Crippen LogP) is 2.41. The lowest BCUT2D eigenvalue weighted by atomic mass is 10.1. The number of hydrogen-bond acceptors (Lipinski definition) is 7. The normalized spacial score (nSPS) is 13.0. The van der Waals surface area contributed by atoms with E-state index < -0.39 is 0 Å². The van der Waals surface area contributed by atoms with Crippen LogP contribution in [0.3, 0.4) is 0 Å². The number of carbonyl (C=O) groups excluding carboxylic acids is 2. The van der Waals surface area contributed by atoms with Crippen molar-refractivity contribution in [2.24, 2.45) is 0 Å². The molecule has 1 aliphatic rings. The fourth-order valence-electron chi connectivity index (χ4n) is 3.35. The third-order valence-electron chi connectivity index (χ3n) is 4.81. The van der Waals surface area contributed by atoms with E-state index in [0.717, 1.165) is 11.4 Å². The zero-order valence-electron chi connectivity index (χ0n) is 17.8. The van der Waals surface area contributed by atoms with Gasteiger partial charge in [-0.25, -0.2) is 9.97 Å². The lowest BCUT2D eigenvalue weighted by Gasteiger charge is -2.16. The monoisotopic (exact) mass is 443 g/mol. The molecule has 1 aliphatic carbocycles. The van der Waals surface area contributed by atoms with Crippen molar-refractivity contribution in [2.75, 3.05) is 10.6 Å². The average Bonchev–Trinajstić information content (AvgIpc) is 2.80. The number of carbonyl (C=O) groups is 2. The summed E-state index contributed by atoms with van der Waals surface area (Å²) < 4.78 is 1.41. The van der Waals surface area contributed by atoms with Gasteiger partial charge < -0.3 is 16.0 Å². The van der Waals surface area contributed by atoms with Crippen LogP contribution in [0.1, 0.15) is 19.8 Å². The minimum Gasteiger partial charge on any atom is -0.330 e. The smallest absolute Gasteiger partial charge is 0.275 e. The summed E-state index contributed by atoms with van der Waals surface area (Å²) in [5, 5.41) is 8.62. The lowest BCUT2D eigenvalue weighted by Crippen LogP contribution is -2.21. The number of nitrogens with one attached hydrogen (secondary N) is 3. The molecule has 10 heteroatoms. The summed E-state index contributed by atoms with van der Waals surface area (Å²) in [6.45, 7) is 4.91. The summed E-state index contributed by atoms with van der Waals surface area (Å²) in [6, 6.07) is 6.82. The van der Waals surface area contributed by atoms with Gasteiger partial charge in [0.05, 0.1) is 18.1 Å². The summed E-state index contributed by atoms with van der Waals surface area (Å²) in [7, 11) is 0. The number of fused-ring (bicyclic) bond motifs is 1. The van der Waals surface area contributed by atoms with E-state index in [-0.39, 0.29) is 17.4 Å². The molecular formula is C23H21N7O3. The van der Waals surface area contributed by atoms with Gasteiger partial charge in [0.2, 0.25) is 17.8 Å². The first-order valence-electron chi connectivity index (χ1n) is 10.2. The second-order valence-electron chi connectivity index (χ2n) is 7.27. The molecule has 10 nitrogen and oxygen atoms in total. The van der Waals surface area contributed by atoms with Gasteiger partial charge in [-0.2, -0.15) is 4.98 Å². The molecule has 0 atom stereocenters. The number of rotatable bonds is 6. The topological polar surface area (TPSA) is 131 Å². The summed E-state index contributed by atoms with van der Waals surface area (Å²) in [5.41, 5.74) is 3.11. The molecule has 0 spiro atoms. The molecule has 0 saturated carbocycles. The molecule has 2 amide bonds. The van der Waals surface area contributed by atoms with E-state index in [9.17, 15) is 14.4 Å². The standard InChI is InChI=1S/C23H21N7O3/c1-3-20(32)27-17-5-4-6-18(11-17)30-21(33)13-24-19-12-25-23(29-22(19)30)28-16-9-7-15(8-10-16)26-14(2)31/h3-7,9,11-13H,1,8,10H2,2H3,(H,26,31)(H,27,32)(H,25,28,29). The van der Waals surface area contributed by atoms with Crippen LogP contribution in [0.4, 0.5) is 11.6 Å². The number of nitrogens with zero attached hydrogens (tertiary/aromatic N) is 4. The van der Waals surface area contributed by atoms with Gasteiger partial charge in [0.1, 0.15) is 5.52 Å². The number of aromatic nitrogens is 4. The molecule has 0 saturated heterocycles. The van der Waals surface area contributed by atoms with Crippen molar-refractivity contribution < 1.29 is 9.59 Å². The van der Waals surface area contributed by atoms with Crippen LogP contribution in [0.25, 0.3) is 16.9 Å². The molecule has 2 heterocycles. The Morgan fingerprint density at radius 1 is 1.09 bits per heavy atom. The van der Waals surface area contributed by atoms with Gasteiger partial charge in [0.25, 0.3) is 5.56 Å². The van der Waals surface area contributed by atoms with Crippen LogP contribution in [-0.4, -0.2) is 31.3 Å². The maximum atomic E-state index is 12.7. The van der Waals surface area contributed by atoms with Crippen molar-refractivity contribution in [1.82, 2.24) is 24.8 Å². The average molecular weight is 443 g/mol. The Bertz CT molecular complexity index is 1390. The van der Waals surface area contributed by atoms with Crippen LogP contribution < -0.4 is 21.5 Å². The first kappa shape index (κ1) is 21.6.